The summed E-state index contributed by atoms with van der Waals surface area (Å²) in [4.78, 5) is 52.2. The van der Waals surface area contributed by atoms with Gasteiger partial charge < -0.3 is 31.1 Å². The summed E-state index contributed by atoms with van der Waals surface area (Å²) in [5.74, 6) is -0.501. The van der Waals surface area contributed by atoms with E-state index in [9.17, 15) is 23.9 Å². The lowest BCUT2D eigenvalue weighted by atomic mass is 9.82. The van der Waals surface area contributed by atoms with Gasteiger partial charge in [-0.05, 0) is 99.5 Å². The van der Waals surface area contributed by atoms with Gasteiger partial charge in [0, 0.05) is 72.8 Å². The first-order chi connectivity index (χ1) is 35.4. The van der Waals surface area contributed by atoms with Crippen LogP contribution in [0.1, 0.15) is 127 Å². The molecule has 3 amide bonds. The van der Waals surface area contributed by atoms with Crippen molar-refractivity contribution in [3.05, 3.63) is 111 Å². The Kier molecular flexibility index (Phi) is 17.7. The first-order valence-electron chi connectivity index (χ1n) is 25.5. The first kappa shape index (κ1) is 54.3. The van der Waals surface area contributed by atoms with E-state index in [0.717, 1.165) is 77.0 Å². The lowest BCUT2D eigenvalue weighted by molar-refractivity contribution is -0.144. The van der Waals surface area contributed by atoms with Gasteiger partial charge in [-0.1, -0.05) is 86.3 Å². The Hall–Kier alpha value is -5.95. The maximum absolute atomic E-state index is 14.2. The maximum Gasteiger partial charge on any atom is 0.246 e. The van der Waals surface area contributed by atoms with Crippen molar-refractivity contribution in [2.75, 3.05) is 12.3 Å². The van der Waals surface area contributed by atoms with Gasteiger partial charge in [-0.2, -0.15) is 5.10 Å². The smallest absolute Gasteiger partial charge is 0.246 e. The van der Waals surface area contributed by atoms with Gasteiger partial charge in [0.05, 0.1) is 45.1 Å². The van der Waals surface area contributed by atoms with Gasteiger partial charge in [0.15, 0.2) is 11.6 Å². The van der Waals surface area contributed by atoms with Crippen molar-refractivity contribution in [3.8, 4) is 27.3 Å². The quantitative estimate of drug-likeness (QED) is 0.0418. The van der Waals surface area contributed by atoms with Crippen LogP contribution in [0.25, 0.3) is 21.6 Å². The molecule has 1 aliphatic carbocycles. The molecule has 20 heteroatoms. The second-order valence-corrected chi connectivity index (χ2v) is 22.4. The number of halogens is 3. The molecule has 2 aliphatic rings. The van der Waals surface area contributed by atoms with Gasteiger partial charge in [-0.3, -0.25) is 23.7 Å². The standard InChI is InChI=1S/C54H66Cl2FN11O5S/c1-32-49(74-31-61-32)36-17-15-35(16-18-36)25-60-52(71)44-24-41(69)30-67(44)53(72)50(54(3,4)5)63-46(70)14-6-7-21-66-29-39(64-65-66)12-8-10-34-11-9-13-40(22-34)68-28-38(27-62-68)37-23-45(51(58)59-26-37)73-33(2)47-42(55)19-20-43(57)48(47)56/h15-20,23,26-29,31,33-34,40-41,44,50,69H,6-14,21-22,24-25,30H2,1-5H3,(H2,58,59)(H,60,71)(H,63,70)/t33?,34?,40?,41-,44+,50?/m1/s1. The number of aromatic nitrogens is 7. The molecule has 1 saturated carbocycles. The minimum Gasteiger partial charge on any atom is -0.482 e. The zero-order valence-corrected chi connectivity index (χ0v) is 44.9. The molecule has 1 aliphatic heterocycles. The fraction of sp³-hybridized carbons (Fsp3) is 0.481. The van der Waals surface area contributed by atoms with E-state index in [4.69, 9.17) is 38.8 Å². The Morgan fingerprint density at radius 1 is 1.00 bits per heavy atom. The molecule has 0 spiro atoms. The number of carbonyl (C=O) groups is 3. The topological polar surface area (TPSA) is 208 Å². The average Bonchev–Trinajstić information content (AvgIpc) is 4.22. The molecule has 8 rings (SSSR count). The Labute approximate surface area is 445 Å². The lowest BCUT2D eigenvalue weighted by Crippen LogP contribution is -2.57. The predicted octanol–water partition coefficient (Wildman–Crippen LogP) is 9.87. The fourth-order valence-corrected chi connectivity index (χ4v) is 11.5. The van der Waals surface area contributed by atoms with Crippen LogP contribution in [-0.4, -0.2) is 87.2 Å². The van der Waals surface area contributed by atoms with Crippen molar-refractivity contribution in [1.82, 2.24) is 50.3 Å². The van der Waals surface area contributed by atoms with Crippen LogP contribution in [0.15, 0.2) is 72.8 Å². The summed E-state index contributed by atoms with van der Waals surface area (Å²) in [6, 6.07) is 10.9. The first-order valence-corrected chi connectivity index (χ1v) is 27.1. The number of likely N-dealkylation sites (tertiary alicyclic amines) is 1. The van der Waals surface area contributed by atoms with E-state index in [2.05, 4.69) is 35.6 Å². The van der Waals surface area contributed by atoms with E-state index in [1.54, 1.807) is 30.5 Å². The fourth-order valence-electron chi connectivity index (χ4n) is 10.0. The van der Waals surface area contributed by atoms with Crippen molar-refractivity contribution in [1.29, 1.82) is 0 Å². The van der Waals surface area contributed by atoms with E-state index < -0.39 is 35.5 Å². The molecule has 74 heavy (non-hydrogen) atoms. The molecule has 2 aromatic carbocycles. The van der Waals surface area contributed by atoms with Crippen molar-refractivity contribution >= 4 is 58.1 Å². The Bertz CT molecular complexity index is 2900. The zero-order chi connectivity index (χ0) is 52.7. The van der Waals surface area contributed by atoms with Crippen LogP contribution in [0.4, 0.5) is 10.2 Å². The van der Waals surface area contributed by atoms with Crippen molar-refractivity contribution in [3.63, 3.8) is 0 Å². The Morgan fingerprint density at radius 3 is 2.55 bits per heavy atom. The number of thiazole rings is 1. The van der Waals surface area contributed by atoms with Crippen molar-refractivity contribution in [2.24, 2.45) is 11.3 Å². The third kappa shape index (κ3) is 13.5. The average molecular weight is 1070 g/mol. The van der Waals surface area contributed by atoms with Crippen molar-refractivity contribution < 1.29 is 28.6 Å². The molecule has 1 saturated heterocycles. The number of benzene rings is 2. The third-order valence-corrected chi connectivity index (χ3v) is 15.8. The van der Waals surface area contributed by atoms with Crippen LogP contribution in [0.5, 0.6) is 5.75 Å². The number of aliphatic hydroxyl groups is 1. The number of rotatable bonds is 20. The van der Waals surface area contributed by atoms with E-state index in [1.807, 2.05) is 80.7 Å². The zero-order valence-electron chi connectivity index (χ0n) is 42.6. The van der Waals surface area contributed by atoms with Gasteiger partial charge in [-0.25, -0.2) is 14.4 Å². The SMILES string of the molecule is Cc1ncsc1-c1ccc(CNC(=O)[C@@H]2C[C@@H](O)CN2C(=O)C(NC(=O)CCCCn2cc(CCCC3CCCC(n4cc(-c5cnc(N)c(OC(C)c6c(Cl)ccc(F)c6Cl)c5)cn4)C3)nn2)C(C)(C)C)cc1. The Morgan fingerprint density at radius 2 is 1.80 bits per heavy atom. The molecule has 5 N–H and O–H groups in total. The van der Waals surface area contributed by atoms with E-state index >= 15 is 0 Å². The molecule has 6 aromatic rings. The number of pyridine rings is 1. The molecule has 0 radical (unpaired) electrons. The molecule has 4 aromatic heterocycles. The minimum absolute atomic E-state index is 0.0115. The molecular formula is C54H66Cl2FN11O5S. The molecule has 2 fully saturated rings. The third-order valence-electron chi connectivity index (χ3n) is 14.1. The number of nitrogens with one attached hydrogen (secondary N) is 2. The maximum atomic E-state index is 14.2. The second kappa shape index (κ2) is 24.2. The summed E-state index contributed by atoms with van der Waals surface area (Å²) in [6.07, 6.45) is 14.8. The number of anilines is 1. The molecule has 4 unspecified atom stereocenters. The number of amides is 3. The van der Waals surface area contributed by atoms with Crippen LogP contribution in [0, 0.1) is 24.1 Å². The number of carbonyl (C=O) groups excluding carboxylic acids is 3. The number of β-amino-alcohol motifs (C(OH)–C–C–N with tert-alkyl or cyclic N) is 1. The van der Waals surface area contributed by atoms with Gasteiger partial charge in [-0.15, -0.1) is 16.4 Å². The molecule has 0 bridgehead atoms. The number of nitrogen functional groups attached to an aromatic ring is 1. The number of hydrogen-bond donors (Lipinski definition) is 4. The number of aliphatic hydroxyl groups excluding tert-OH is 1. The summed E-state index contributed by atoms with van der Waals surface area (Å²) in [5, 5.41) is 30.3. The van der Waals surface area contributed by atoms with Crippen LogP contribution >= 0.6 is 34.5 Å². The highest BCUT2D eigenvalue weighted by Crippen LogP contribution is 2.39. The number of nitrogens with two attached hydrogens (primary N) is 1. The highest BCUT2D eigenvalue weighted by atomic mass is 35.5. The minimum atomic E-state index is -0.893. The summed E-state index contributed by atoms with van der Waals surface area (Å²) < 4.78 is 24.2. The van der Waals surface area contributed by atoms with E-state index in [0.29, 0.717) is 36.6 Å². The predicted molar refractivity (Wildman–Crippen MR) is 285 cm³/mol. The molecule has 394 valence electrons. The summed E-state index contributed by atoms with van der Waals surface area (Å²) >= 11 is 14.2. The summed E-state index contributed by atoms with van der Waals surface area (Å²) in [7, 11) is 0. The molecule has 6 atom stereocenters. The normalized spacial score (nSPS) is 18.8. The van der Waals surface area contributed by atoms with Gasteiger partial charge in [0.2, 0.25) is 17.7 Å². The van der Waals surface area contributed by atoms with Crippen LogP contribution in [0.3, 0.4) is 0 Å². The van der Waals surface area contributed by atoms with Gasteiger partial charge in [0.25, 0.3) is 0 Å². The number of unbranched alkanes of at least 4 members (excludes halogenated alkanes) is 1. The van der Waals surface area contributed by atoms with E-state index in [1.165, 1.54) is 23.5 Å². The van der Waals surface area contributed by atoms with Gasteiger partial charge >= 0.3 is 0 Å². The number of hydrogen-bond acceptors (Lipinski definition) is 12. The highest BCUT2D eigenvalue weighted by molar-refractivity contribution is 7.13. The van der Waals surface area contributed by atoms with Crippen LogP contribution in [0.2, 0.25) is 10.0 Å². The number of aryl methyl sites for hydroxylation is 3. The van der Waals surface area contributed by atoms with E-state index in [-0.39, 0.29) is 65.6 Å². The van der Waals surface area contributed by atoms with Gasteiger partial charge in [0.1, 0.15) is 24.0 Å². The van der Waals surface area contributed by atoms with Crippen molar-refractivity contribution in [2.45, 2.75) is 149 Å². The second-order valence-electron chi connectivity index (χ2n) is 20.8. The molecule has 5 heterocycles. The Balaban J connectivity index is 0.753. The highest BCUT2D eigenvalue weighted by Gasteiger charge is 2.44. The lowest BCUT2D eigenvalue weighted by Gasteiger charge is -2.35. The van der Waals surface area contributed by atoms with Crippen LogP contribution in [-0.2, 0) is 33.9 Å². The summed E-state index contributed by atoms with van der Waals surface area (Å²) in [5.41, 5.74) is 13.2. The monoisotopic (exact) mass is 1070 g/mol. The number of nitrogens with zero attached hydrogens (tertiary/aromatic N) is 8. The number of ether oxygens (including phenoxy) is 1. The molecule has 16 nitrogen and oxygen atoms in total. The largest absolute Gasteiger partial charge is 0.482 e. The van der Waals surface area contributed by atoms with Crippen LogP contribution < -0.4 is 21.1 Å². The summed E-state index contributed by atoms with van der Waals surface area (Å²) in [6.45, 7) is 10.2. The molecular weight excluding hydrogens is 1000 g/mol.